The predicted molar refractivity (Wildman–Crippen MR) is 56.7 cm³/mol. The Morgan fingerprint density at radius 2 is 1.94 bits per heavy atom. The van der Waals surface area contributed by atoms with Crippen LogP contribution < -0.4 is 0 Å². The predicted octanol–water partition coefficient (Wildman–Crippen LogP) is 1.34. The van der Waals surface area contributed by atoms with Crippen molar-refractivity contribution in [3.05, 3.63) is 41.0 Å². The summed E-state index contributed by atoms with van der Waals surface area (Å²) in [4.78, 5) is 24.6. The van der Waals surface area contributed by atoms with Crippen molar-refractivity contribution in [3.63, 3.8) is 0 Å². The van der Waals surface area contributed by atoms with Crippen LogP contribution in [0, 0.1) is 0 Å². The fraction of sp³-hybridized carbons (Fsp3) is 0.167. The number of carboxylic acid groups (broad SMARTS) is 1. The maximum absolute atomic E-state index is 11.9. The number of carboxylic acids is 1. The molecule has 0 saturated heterocycles. The van der Waals surface area contributed by atoms with E-state index in [-0.39, 0.29) is 5.91 Å². The molecule has 0 atom stereocenters. The summed E-state index contributed by atoms with van der Waals surface area (Å²) >= 11 is 0. The third kappa shape index (κ3) is 0.984. The molecule has 1 amide bonds. The van der Waals surface area contributed by atoms with Gasteiger partial charge in [0.1, 0.15) is 0 Å². The lowest BCUT2D eigenvalue weighted by Gasteiger charge is -2.09. The van der Waals surface area contributed by atoms with E-state index in [4.69, 9.17) is 5.11 Å². The molecule has 1 N–H and O–H groups in total. The molecule has 4 nitrogen and oxygen atoms in total. The molecule has 0 fully saturated rings. The molecule has 4 heteroatoms. The molecular formula is C12H9NO3. The van der Waals surface area contributed by atoms with Crippen molar-refractivity contribution in [1.82, 2.24) is 4.90 Å². The zero-order valence-electron chi connectivity index (χ0n) is 8.43. The van der Waals surface area contributed by atoms with Crippen molar-refractivity contribution in [2.24, 2.45) is 0 Å². The molecule has 1 aromatic carbocycles. The van der Waals surface area contributed by atoms with Gasteiger partial charge >= 0.3 is 5.97 Å². The summed E-state index contributed by atoms with van der Waals surface area (Å²) in [6.45, 7) is 0.477. The number of aliphatic carboxylic acids is 1. The van der Waals surface area contributed by atoms with Gasteiger partial charge in [-0.05, 0) is 12.5 Å². The highest BCUT2D eigenvalue weighted by Crippen LogP contribution is 2.39. The van der Waals surface area contributed by atoms with Crippen molar-refractivity contribution in [1.29, 1.82) is 0 Å². The van der Waals surface area contributed by atoms with E-state index in [0.717, 1.165) is 5.56 Å². The molecule has 2 aliphatic heterocycles. The Morgan fingerprint density at radius 3 is 2.62 bits per heavy atom. The van der Waals surface area contributed by atoms with Crippen LogP contribution in [0.25, 0.3) is 5.70 Å². The van der Waals surface area contributed by atoms with Crippen LogP contribution in [0.3, 0.4) is 0 Å². The minimum absolute atomic E-state index is 0.0816. The first-order valence-corrected chi connectivity index (χ1v) is 5.08. The highest BCUT2D eigenvalue weighted by atomic mass is 16.4. The van der Waals surface area contributed by atoms with Gasteiger partial charge in [-0.25, -0.2) is 4.79 Å². The SMILES string of the molecule is O=C(O)C1=C2c3ccccc3C(=O)N2CC1. The second-order valence-electron chi connectivity index (χ2n) is 3.88. The molecule has 2 aliphatic rings. The highest BCUT2D eigenvalue weighted by Gasteiger charge is 2.39. The van der Waals surface area contributed by atoms with Crippen LogP contribution in [0.5, 0.6) is 0 Å². The Kier molecular flexibility index (Phi) is 1.68. The lowest BCUT2D eigenvalue weighted by molar-refractivity contribution is -0.132. The monoisotopic (exact) mass is 215 g/mol. The second-order valence-corrected chi connectivity index (χ2v) is 3.88. The van der Waals surface area contributed by atoms with Crippen LogP contribution in [0.1, 0.15) is 22.3 Å². The maximum Gasteiger partial charge on any atom is 0.333 e. The summed E-state index contributed by atoms with van der Waals surface area (Å²) in [6.07, 6.45) is 0.435. The van der Waals surface area contributed by atoms with Gasteiger partial charge in [-0.3, -0.25) is 4.79 Å². The fourth-order valence-corrected chi connectivity index (χ4v) is 2.36. The van der Waals surface area contributed by atoms with E-state index in [9.17, 15) is 9.59 Å². The van der Waals surface area contributed by atoms with E-state index < -0.39 is 5.97 Å². The van der Waals surface area contributed by atoms with Crippen molar-refractivity contribution >= 4 is 17.6 Å². The molecule has 80 valence electrons. The van der Waals surface area contributed by atoms with E-state index in [1.54, 1.807) is 23.1 Å². The van der Waals surface area contributed by atoms with Crippen LogP contribution in [0.4, 0.5) is 0 Å². The van der Waals surface area contributed by atoms with E-state index in [0.29, 0.717) is 29.8 Å². The fourth-order valence-electron chi connectivity index (χ4n) is 2.36. The van der Waals surface area contributed by atoms with Crippen molar-refractivity contribution in [3.8, 4) is 0 Å². The number of rotatable bonds is 1. The molecule has 2 heterocycles. The first-order valence-electron chi connectivity index (χ1n) is 5.08. The third-order valence-electron chi connectivity index (χ3n) is 3.06. The Morgan fingerprint density at radius 1 is 1.25 bits per heavy atom. The lowest BCUT2D eigenvalue weighted by atomic mass is 10.0. The van der Waals surface area contributed by atoms with Gasteiger partial charge in [0.2, 0.25) is 0 Å². The Hall–Kier alpha value is -2.10. The summed E-state index contributed by atoms with van der Waals surface area (Å²) in [5, 5.41) is 9.08. The summed E-state index contributed by atoms with van der Waals surface area (Å²) in [6, 6.07) is 7.15. The number of carbonyl (C=O) groups is 2. The second kappa shape index (κ2) is 2.95. The Balaban J connectivity index is 2.29. The molecule has 1 aromatic rings. The number of amides is 1. The van der Waals surface area contributed by atoms with E-state index >= 15 is 0 Å². The number of fused-ring (bicyclic) bond motifs is 3. The number of benzene rings is 1. The van der Waals surface area contributed by atoms with Crippen LogP contribution in [0.2, 0.25) is 0 Å². The minimum Gasteiger partial charge on any atom is -0.478 e. The molecule has 16 heavy (non-hydrogen) atoms. The van der Waals surface area contributed by atoms with Crippen molar-refractivity contribution in [2.75, 3.05) is 6.54 Å². The third-order valence-corrected chi connectivity index (χ3v) is 3.06. The molecular weight excluding hydrogens is 206 g/mol. The number of carbonyl (C=O) groups excluding carboxylic acids is 1. The van der Waals surface area contributed by atoms with Gasteiger partial charge in [-0.1, -0.05) is 18.2 Å². The number of nitrogens with zero attached hydrogens (tertiary/aromatic N) is 1. The molecule has 0 radical (unpaired) electrons. The quantitative estimate of drug-likeness (QED) is 0.769. The first kappa shape index (κ1) is 9.15. The van der Waals surface area contributed by atoms with Crippen LogP contribution in [-0.4, -0.2) is 28.4 Å². The molecule has 0 bridgehead atoms. The summed E-state index contributed by atoms with van der Waals surface area (Å²) in [5.74, 6) is -1.01. The Bertz CT molecular complexity index is 545. The standard InChI is InChI=1S/C12H9NO3/c14-11-8-4-2-1-3-7(8)10-9(12(15)16)5-6-13(10)11/h1-4H,5-6H2,(H,15,16). The van der Waals surface area contributed by atoms with Crippen LogP contribution in [-0.2, 0) is 4.79 Å². The number of hydrogen-bond donors (Lipinski definition) is 1. The zero-order valence-corrected chi connectivity index (χ0v) is 8.43. The minimum atomic E-state index is -0.929. The molecule has 0 spiro atoms. The normalized spacial score (nSPS) is 17.8. The molecule has 0 aromatic heterocycles. The Labute approximate surface area is 91.8 Å². The van der Waals surface area contributed by atoms with Gasteiger partial charge in [0.25, 0.3) is 5.91 Å². The van der Waals surface area contributed by atoms with Crippen LogP contribution in [0.15, 0.2) is 29.8 Å². The lowest BCUT2D eigenvalue weighted by Crippen LogP contribution is -2.20. The average molecular weight is 215 g/mol. The summed E-state index contributed by atoms with van der Waals surface area (Å²) in [7, 11) is 0. The average Bonchev–Trinajstić information content (AvgIpc) is 2.81. The van der Waals surface area contributed by atoms with Crippen molar-refractivity contribution in [2.45, 2.75) is 6.42 Å². The van der Waals surface area contributed by atoms with Gasteiger partial charge in [-0.2, -0.15) is 0 Å². The van der Waals surface area contributed by atoms with Crippen LogP contribution >= 0.6 is 0 Å². The largest absolute Gasteiger partial charge is 0.478 e. The smallest absolute Gasteiger partial charge is 0.333 e. The molecule has 3 rings (SSSR count). The first-order chi connectivity index (χ1) is 7.70. The van der Waals surface area contributed by atoms with E-state index in [1.807, 2.05) is 6.07 Å². The van der Waals surface area contributed by atoms with Gasteiger partial charge in [0.05, 0.1) is 11.3 Å². The summed E-state index contributed by atoms with van der Waals surface area (Å²) < 4.78 is 0. The van der Waals surface area contributed by atoms with Gasteiger partial charge in [-0.15, -0.1) is 0 Å². The van der Waals surface area contributed by atoms with Gasteiger partial charge in [0, 0.05) is 17.7 Å². The van der Waals surface area contributed by atoms with Gasteiger partial charge < -0.3 is 10.0 Å². The van der Waals surface area contributed by atoms with Crippen molar-refractivity contribution < 1.29 is 14.7 Å². The highest BCUT2D eigenvalue weighted by molar-refractivity contribution is 6.14. The molecule has 0 aliphatic carbocycles. The summed E-state index contributed by atoms with van der Waals surface area (Å²) in [5.41, 5.74) is 2.30. The van der Waals surface area contributed by atoms with Gasteiger partial charge in [0.15, 0.2) is 0 Å². The molecule has 0 saturated carbocycles. The van der Waals surface area contributed by atoms with E-state index in [2.05, 4.69) is 0 Å². The maximum atomic E-state index is 11.9. The number of hydrogen-bond acceptors (Lipinski definition) is 2. The zero-order chi connectivity index (χ0) is 11.3. The topological polar surface area (TPSA) is 57.6 Å². The van der Waals surface area contributed by atoms with E-state index in [1.165, 1.54) is 0 Å². The molecule has 0 unspecified atom stereocenters.